The van der Waals surface area contributed by atoms with Crippen LogP contribution in [0.15, 0.2) is 6.07 Å². The molecule has 0 aliphatic rings. The Labute approximate surface area is 102 Å². The third kappa shape index (κ3) is 4.01. The molecule has 1 aromatic rings. The molecule has 1 aromatic heterocycles. The number of hydrogen-bond donors (Lipinski definition) is 0. The van der Waals surface area contributed by atoms with E-state index in [0.717, 1.165) is 17.5 Å². The number of Topliss-reactive ketones (excluding diaryl/α,β-unsaturated/α-hetero) is 1. The van der Waals surface area contributed by atoms with Crippen molar-refractivity contribution in [3.05, 3.63) is 11.9 Å². The second-order valence-electron chi connectivity index (χ2n) is 4.40. The predicted molar refractivity (Wildman–Crippen MR) is 69.7 cm³/mol. The summed E-state index contributed by atoms with van der Waals surface area (Å²) in [5.74, 6) is 2.65. The Hall–Kier alpha value is -1.65. The first-order chi connectivity index (χ1) is 7.90. The highest BCUT2D eigenvalue weighted by atomic mass is 16.1. The Morgan fingerprint density at radius 2 is 1.82 bits per heavy atom. The fraction of sp³-hybridized carbons (Fsp3) is 0.583. The topological polar surface area (TPSA) is 49.3 Å². The van der Waals surface area contributed by atoms with Crippen LogP contribution in [0.25, 0.3) is 0 Å². The summed E-state index contributed by atoms with van der Waals surface area (Å²) in [7, 11) is 5.83. The van der Waals surface area contributed by atoms with E-state index in [2.05, 4.69) is 9.97 Å². The van der Waals surface area contributed by atoms with Gasteiger partial charge in [-0.05, 0) is 13.8 Å². The zero-order valence-electron chi connectivity index (χ0n) is 11.2. The van der Waals surface area contributed by atoms with Gasteiger partial charge in [0.25, 0.3) is 0 Å². The summed E-state index contributed by atoms with van der Waals surface area (Å²) in [5.41, 5.74) is 0. The van der Waals surface area contributed by atoms with E-state index in [1.54, 1.807) is 6.92 Å². The maximum Gasteiger partial charge on any atom is 0.134 e. The zero-order valence-corrected chi connectivity index (χ0v) is 11.2. The fourth-order valence-electron chi connectivity index (χ4n) is 1.40. The summed E-state index contributed by atoms with van der Waals surface area (Å²) in [6, 6.07) is 1.92. The number of hydrogen-bond acceptors (Lipinski definition) is 5. The second-order valence-corrected chi connectivity index (χ2v) is 4.40. The van der Waals surface area contributed by atoms with Crippen molar-refractivity contribution >= 4 is 17.4 Å². The van der Waals surface area contributed by atoms with E-state index in [1.807, 2.05) is 43.9 Å². The van der Waals surface area contributed by atoms with Crippen molar-refractivity contribution in [2.24, 2.45) is 0 Å². The molecule has 0 aliphatic carbocycles. The molecule has 0 saturated heterocycles. The smallest absolute Gasteiger partial charge is 0.134 e. The van der Waals surface area contributed by atoms with Gasteiger partial charge in [0.05, 0.1) is 0 Å². The lowest BCUT2D eigenvalue weighted by Gasteiger charge is -2.20. The summed E-state index contributed by atoms with van der Waals surface area (Å²) < 4.78 is 0. The van der Waals surface area contributed by atoms with Crippen molar-refractivity contribution in [1.29, 1.82) is 0 Å². The monoisotopic (exact) mass is 236 g/mol. The van der Waals surface area contributed by atoms with Gasteiger partial charge in [0.15, 0.2) is 0 Å². The number of aromatic nitrogens is 2. The number of rotatable bonds is 5. The van der Waals surface area contributed by atoms with Gasteiger partial charge >= 0.3 is 0 Å². The molecule has 0 aliphatic heterocycles. The van der Waals surface area contributed by atoms with E-state index >= 15 is 0 Å². The molecule has 1 heterocycles. The van der Waals surface area contributed by atoms with Crippen LogP contribution in [0.1, 0.15) is 19.2 Å². The van der Waals surface area contributed by atoms with E-state index in [0.29, 0.717) is 13.0 Å². The maximum absolute atomic E-state index is 11.0. The number of carbonyl (C=O) groups is 1. The van der Waals surface area contributed by atoms with E-state index in [9.17, 15) is 4.79 Å². The van der Waals surface area contributed by atoms with E-state index in [4.69, 9.17) is 0 Å². The minimum Gasteiger partial charge on any atom is -0.363 e. The van der Waals surface area contributed by atoms with Gasteiger partial charge in [-0.3, -0.25) is 4.79 Å². The molecule has 0 bridgehead atoms. The van der Waals surface area contributed by atoms with Crippen molar-refractivity contribution in [1.82, 2.24) is 9.97 Å². The van der Waals surface area contributed by atoms with Crippen LogP contribution in [0.4, 0.5) is 11.6 Å². The van der Waals surface area contributed by atoms with Gasteiger partial charge in [-0.15, -0.1) is 0 Å². The van der Waals surface area contributed by atoms with Crippen molar-refractivity contribution in [3.8, 4) is 0 Å². The number of ketones is 1. The van der Waals surface area contributed by atoms with Gasteiger partial charge in [0.1, 0.15) is 23.2 Å². The molecular formula is C12H20N4O. The lowest BCUT2D eigenvalue weighted by atomic mass is 10.3. The molecule has 0 saturated carbocycles. The Morgan fingerprint density at radius 1 is 1.24 bits per heavy atom. The normalized spacial score (nSPS) is 10.2. The summed E-state index contributed by atoms with van der Waals surface area (Å²) in [6.07, 6.45) is 0.539. The Kier molecular flexibility index (Phi) is 4.43. The zero-order chi connectivity index (χ0) is 13.0. The number of nitrogens with zero attached hydrogens (tertiary/aromatic N) is 4. The number of anilines is 2. The van der Waals surface area contributed by atoms with Crippen LogP contribution in [0, 0.1) is 6.92 Å². The fourth-order valence-corrected chi connectivity index (χ4v) is 1.40. The molecule has 0 amide bonds. The molecule has 5 heteroatoms. The van der Waals surface area contributed by atoms with Crippen LogP contribution in [0.3, 0.4) is 0 Å². The van der Waals surface area contributed by atoms with Gasteiger partial charge < -0.3 is 9.80 Å². The third-order valence-corrected chi connectivity index (χ3v) is 2.46. The minimum atomic E-state index is 0.190. The lowest BCUT2D eigenvalue weighted by molar-refractivity contribution is -0.116. The second kappa shape index (κ2) is 5.61. The highest BCUT2D eigenvalue weighted by Crippen LogP contribution is 2.16. The molecule has 0 spiro atoms. The van der Waals surface area contributed by atoms with Crippen molar-refractivity contribution < 1.29 is 4.79 Å². The van der Waals surface area contributed by atoms with Crippen LogP contribution in [0.2, 0.25) is 0 Å². The first kappa shape index (κ1) is 13.4. The summed E-state index contributed by atoms with van der Waals surface area (Å²) in [5, 5.41) is 0. The highest BCUT2D eigenvalue weighted by Gasteiger charge is 2.08. The summed E-state index contributed by atoms with van der Waals surface area (Å²) in [4.78, 5) is 23.6. The molecular weight excluding hydrogens is 216 g/mol. The molecule has 0 fully saturated rings. The van der Waals surface area contributed by atoms with Crippen LogP contribution in [-0.2, 0) is 4.79 Å². The minimum absolute atomic E-state index is 0.190. The van der Waals surface area contributed by atoms with Gasteiger partial charge in [0.2, 0.25) is 0 Å². The SMILES string of the molecule is CC(=O)CCN(C)c1cc(N(C)C)nc(C)n1. The molecule has 0 unspecified atom stereocenters. The van der Waals surface area contributed by atoms with Gasteiger partial charge in [0, 0.05) is 40.2 Å². The average Bonchev–Trinajstić information content (AvgIpc) is 2.24. The lowest BCUT2D eigenvalue weighted by Crippen LogP contribution is -2.23. The van der Waals surface area contributed by atoms with E-state index in [1.165, 1.54) is 0 Å². The average molecular weight is 236 g/mol. The molecule has 1 rings (SSSR count). The Balaban J connectivity index is 2.85. The largest absolute Gasteiger partial charge is 0.363 e. The van der Waals surface area contributed by atoms with Gasteiger partial charge in [-0.2, -0.15) is 0 Å². The number of carbonyl (C=O) groups excluding carboxylic acids is 1. The molecule has 0 aromatic carbocycles. The Bertz CT molecular complexity index is 403. The first-order valence-electron chi connectivity index (χ1n) is 5.63. The van der Waals surface area contributed by atoms with Crippen molar-refractivity contribution in [3.63, 3.8) is 0 Å². The van der Waals surface area contributed by atoms with Crippen LogP contribution < -0.4 is 9.80 Å². The first-order valence-corrected chi connectivity index (χ1v) is 5.63. The van der Waals surface area contributed by atoms with Crippen LogP contribution in [-0.4, -0.2) is 43.4 Å². The van der Waals surface area contributed by atoms with E-state index in [-0.39, 0.29) is 5.78 Å². The standard InChI is InChI=1S/C12H20N4O/c1-9(17)6-7-16(5)12-8-11(15(3)4)13-10(2)14-12/h8H,6-7H2,1-5H3. The van der Waals surface area contributed by atoms with Gasteiger partial charge in [-0.1, -0.05) is 0 Å². The van der Waals surface area contributed by atoms with Crippen LogP contribution >= 0.6 is 0 Å². The molecule has 17 heavy (non-hydrogen) atoms. The molecule has 0 atom stereocenters. The molecule has 5 nitrogen and oxygen atoms in total. The molecule has 0 N–H and O–H groups in total. The van der Waals surface area contributed by atoms with Gasteiger partial charge in [-0.25, -0.2) is 9.97 Å². The summed E-state index contributed by atoms with van der Waals surface area (Å²) in [6.45, 7) is 4.15. The maximum atomic E-state index is 11.0. The van der Waals surface area contributed by atoms with E-state index < -0.39 is 0 Å². The van der Waals surface area contributed by atoms with Crippen LogP contribution in [0.5, 0.6) is 0 Å². The van der Waals surface area contributed by atoms with Crippen molar-refractivity contribution in [2.75, 3.05) is 37.5 Å². The quantitative estimate of drug-likeness (QED) is 0.770. The number of aryl methyl sites for hydroxylation is 1. The highest BCUT2D eigenvalue weighted by molar-refractivity contribution is 5.76. The third-order valence-electron chi connectivity index (χ3n) is 2.46. The summed E-state index contributed by atoms with van der Waals surface area (Å²) >= 11 is 0. The molecule has 0 radical (unpaired) electrons. The molecule has 94 valence electrons. The Morgan fingerprint density at radius 3 is 2.35 bits per heavy atom. The van der Waals surface area contributed by atoms with Crippen molar-refractivity contribution in [2.45, 2.75) is 20.3 Å². The predicted octanol–water partition coefficient (Wildman–Crippen LogP) is 1.27.